The molecule has 158 valence electrons. The fraction of sp³-hybridized carbons (Fsp3) is 0.524. The van der Waals surface area contributed by atoms with Gasteiger partial charge in [-0.3, -0.25) is 9.59 Å². The van der Waals surface area contributed by atoms with Crippen molar-refractivity contribution in [1.82, 2.24) is 0 Å². The Labute approximate surface area is 169 Å². The Hall–Kier alpha value is -2.74. The molecule has 2 bridgehead atoms. The second-order valence-corrected chi connectivity index (χ2v) is 8.12. The van der Waals surface area contributed by atoms with Gasteiger partial charge in [-0.15, -0.1) is 6.58 Å². The van der Waals surface area contributed by atoms with E-state index < -0.39 is 59.1 Å². The van der Waals surface area contributed by atoms with Crippen molar-refractivity contribution in [3.63, 3.8) is 0 Å². The van der Waals surface area contributed by atoms with E-state index in [2.05, 4.69) is 19.7 Å². The van der Waals surface area contributed by atoms with Crippen molar-refractivity contribution >= 4 is 24.2 Å². The first kappa shape index (κ1) is 22.5. The minimum absolute atomic E-state index is 0.0722. The molecule has 2 rings (SSSR count). The van der Waals surface area contributed by atoms with E-state index in [1.54, 1.807) is 6.92 Å². The van der Waals surface area contributed by atoms with Gasteiger partial charge in [-0.05, 0) is 19.4 Å². The number of ether oxygens (including phenoxy) is 3. The Morgan fingerprint density at radius 1 is 1.28 bits per heavy atom. The number of carbonyl (C=O) groups is 4. The zero-order valence-electron chi connectivity index (χ0n) is 17.0. The quantitative estimate of drug-likeness (QED) is 0.231. The molecular formula is C21H26O8. The van der Waals surface area contributed by atoms with Gasteiger partial charge in [-0.2, -0.15) is 0 Å². The highest BCUT2D eigenvalue weighted by Gasteiger charge is 2.65. The summed E-state index contributed by atoms with van der Waals surface area (Å²) in [7, 11) is 0. The summed E-state index contributed by atoms with van der Waals surface area (Å²) in [5, 5.41) is 10.1. The van der Waals surface area contributed by atoms with Gasteiger partial charge in [-0.25, -0.2) is 9.59 Å². The van der Waals surface area contributed by atoms with E-state index in [0.717, 1.165) is 0 Å². The van der Waals surface area contributed by atoms with Crippen LogP contribution < -0.4 is 0 Å². The Morgan fingerprint density at radius 2 is 1.86 bits per heavy atom. The van der Waals surface area contributed by atoms with E-state index in [4.69, 9.17) is 14.2 Å². The van der Waals surface area contributed by atoms with Crippen molar-refractivity contribution in [1.29, 1.82) is 0 Å². The predicted octanol–water partition coefficient (Wildman–Crippen LogP) is 1.28. The molecule has 1 aliphatic carbocycles. The van der Waals surface area contributed by atoms with Gasteiger partial charge in [0, 0.05) is 23.8 Å². The maximum atomic E-state index is 12.5. The van der Waals surface area contributed by atoms with E-state index in [1.807, 2.05) is 0 Å². The number of aldehydes is 1. The normalized spacial score (nSPS) is 33.9. The molecule has 1 saturated heterocycles. The molecule has 1 N–H and O–H groups in total. The lowest BCUT2D eigenvalue weighted by molar-refractivity contribution is -0.227. The SMILES string of the molecule is C=CC1(C)C2OC(=O)C(=C)C(C2OC(C)=O)C(OC(=O)C(C)(C)O)C1C(=C)C=O. The second-order valence-electron chi connectivity index (χ2n) is 8.12. The summed E-state index contributed by atoms with van der Waals surface area (Å²) in [5.74, 6) is -4.22. The highest BCUT2D eigenvalue weighted by molar-refractivity contribution is 5.90. The highest BCUT2D eigenvalue weighted by atomic mass is 16.6. The van der Waals surface area contributed by atoms with Crippen LogP contribution in [0.1, 0.15) is 27.7 Å². The first-order valence-electron chi connectivity index (χ1n) is 9.07. The summed E-state index contributed by atoms with van der Waals surface area (Å²) in [6.07, 6.45) is -1.25. The lowest BCUT2D eigenvalue weighted by Crippen LogP contribution is -2.67. The molecule has 0 radical (unpaired) electrons. The van der Waals surface area contributed by atoms with Gasteiger partial charge in [0.2, 0.25) is 0 Å². The number of fused-ring (bicyclic) bond motifs is 2. The van der Waals surface area contributed by atoms with E-state index in [9.17, 15) is 24.3 Å². The van der Waals surface area contributed by atoms with E-state index in [-0.39, 0.29) is 11.1 Å². The molecule has 0 aromatic rings. The van der Waals surface area contributed by atoms with Gasteiger partial charge >= 0.3 is 17.9 Å². The molecule has 2 fully saturated rings. The van der Waals surface area contributed by atoms with Gasteiger partial charge in [0.15, 0.2) is 11.7 Å². The predicted molar refractivity (Wildman–Crippen MR) is 101 cm³/mol. The van der Waals surface area contributed by atoms with Gasteiger partial charge in [0.25, 0.3) is 0 Å². The fourth-order valence-electron chi connectivity index (χ4n) is 4.05. The molecule has 0 aromatic carbocycles. The Kier molecular flexibility index (Phi) is 5.90. The van der Waals surface area contributed by atoms with Crippen LogP contribution in [0.3, 0.4) is 0 Å². The molecule has 6 unspecified atom stereocenters. The first-order valence-corrected chi connectivity index (χ1v) is 9.07. The largest absolute Gasteiger partial charge is 0.459 e. The van der Waals surface area contributed by atoms with Crippen molar-refractivity contribution < 1.29 is 38.5 Å². The monoisotopic (exact) mass is 406 g/mol. The number of hydrogen-bond donors (Lipinski definition) is 1. The number of rotatable bonds is 6. The van der Waals surface area contributed by atoms with Crippen LogP contribution >= 0.6 is 0 Å². The summed E-state index contributed by atoms with van der Waals surface area (Å²) in [4.78, 5) is 48.3. The standard InChI is InChI=1S/C21H26O8/c1-8-21(7)14(10(2)9-22)15(28-19(25)20(5,6)26)13-11(3)18(24)29-17(21)16(13)27-12(4)23/h8-9,13-17,26H,1-3H2,4-7H3. The molecule has 29 heavy (non-hydrogen) atoms. The van der Waals surface area contributed by atoms with Crippen LogP contribution in [-0.2, 0) is 33.4 Å². The van der Waals surface area contributed by atoms with Gasteiger partial charge in [0.1, 0.15) is 18.5 Å². The van der Waals surface area contributed by atoms with E-state index in [0.29, 0.717) is 6.29 Å². The van der Waals surface area contributed by atoms with Crippen LogP contribution in [0.15, 0.2) is 37.0 Å². The Balaban J connectivity index is 2.72. The molecule has 8 nitrogen and oxygen atoms in total. The highest BCUT2D eigenvalue weighted by Crippen LogP contribution is 2.54. The maximum absolute atomic E-state index is 12.5. The van der Waals surface area contributed by atoms with Gasteiger partial charge in [-0.1, -0.05) is 26.2 Å². The van der Waals surface area contributed by atoms with Crippen LogP contribution in [0.25, 0.3) is 0 Å². The van der Waals surface area contributed by atoms with Gasteiger partial charge in [0.05, 0.1) is 5.92 Å². The molecular weight excluding hydrogens is 380 g/mol. The smallest absolute Gasteiger partial charge is 0.337 e. The summed E-state index contributed by atoms with van der Waals surface area (Å²) in [5.41, 5.74) is -3.02. The number of aliphatic hydroxyl groups is 1. The lowest BCUT2D eigenvalue weighted by Gasteiger charge is -2.56. The Morgan fingerprint density at radius 3 is 2.31 bits per heavy atom. The van der Waals surface area contributed by atoms with Crippen molar-refractivity contribution in [2.24, 2.45) is 17.3 Å². The molecule has 1 aliphatic heterocycles. The van der Waals surface area contributed by atoms with E-state index in [1.165, 1.54) is 26.8 Å². The van der Waals surface area contributed by atoms with Crippen LogP contribution in [0.2, 0.25) is 0 Å². The fourth-order valence-corrected chi connectivity index (χ4v) is 4.05. The minimum Gasteiger partial charge on any atom is -0.459 e. The lowest BCUT2D eigenvalue weighted by atomic mass is 9.55. The van der Waals surface area contributed by atoms with Crippen LogP contribution in [0.5, 0.6) is 0 Å². The molecule has 0 amide bonds. The molecule has 1 saturated carbocycles. The second kappa shape index (κ2) is 7.59. The van der Waals surface area contributed by atoms with Crippen LogP contribution in [0.4, 0.5) is 0 Å². The van der Waals surface area contributed by atoms with Crippen LogP contribution in [-0.4, -0.2) is 53.2 Å². The van der Waals surface area contributed by atoms with Crippen molar-refractivity contribution in [2.75, 3.05) is 0 Å². The third kappa shape index (κ3) is 3.76. The average Bonchev–Trinajstić information content (AvgIpc) is 2.61. The topological polar surface area (TPSA) is 116 Å². The summed E-state index contributed by atoms with van der Waals surface area (Å²) >= 11 is 0. The third-order valence-electron chi connectivity index (χ3n) is 5.55. The molecule has 0 spiro atoms. The Bertz CT molecular complexity index is 789. The molecule has 8 heteroatoms. The molecule has 0 aromatic heterocycles. The number of hydrogen-bond acceptors (Lipinski definition) is 8. The number of esters is 3. The van der Waals surface area contributed by atoms with Crippen molar-refractivity contribution in [2.45, 2.75) is 51.6 Å². The molecule has 2 aliphatic rings. The number of carbonyl (C=O) groups excluding carboxylic acids is 4. The van der Waals surface area contributed by atoms with Gasteiger partial charge < -0.3 is 19.3 Å². The minimum atomic E-state index is -1.85. The summed E-state index contributed by atoms with van der Waals surface area (Å²) in [6.45, 7) is 16.6. The first-order chi connectivity index (χ1) is 13.3. The van der Waals surface area contributed by atoms with Crippen molar-refractivity contribution in [3.8, 4) is 0 Å². The molecule has 1 heterocycles. The summed E-state index contributed by atoms with van der Waals surface area (Å²) < 4.78 is 16.5. The zero-order chi connectivity index (χ0) is 22.3. The molecule has 6 atom stereocenters. The summed E-state index contributed by atoms with van der Waals surface area (Å²) in [6, 6.07) is 0. The van der Waals surface area contributed by atoms with E-state index >= 15 is 0 Å². The van der Waals surface area contributed by atoms with Crippen LogP contribution in [0, 0.1) is 17.3 Å². The zero-order valence-corrected chi connectivity index (χ0v) is 17.0. The van der Waals surface area contributed by atoms with Crippen molar-refractivity contribution in [3.05, 3.63) is 37.0 Å². The third-order valence-corrected chi connectivity index (χ3v) is 5.55. The average molecular weight is 406 g/mol. The maximum Gasteiger partial charge on any atom is 0.337 e.